The zero-order chi connectivity index (χ0) is 20.4. The molecule has 0 saturated carbocycles. The summed E-state index contributed by atoms with van der Waals surface area (Å²) >= 11 is 0. The molecule has 0 spiro atoms. The van der Waals surface area contributed by atoms with Gasteiger partial charge in [-0.1, -0.05) is 18.1 Å². The maximum absolute atomic E-state index is 6.27. The van der Waals surface area contributed by atoms with Gasteiger partial charge in [-0.15, -0.1) is 0 Å². The molecule has 6 heteroatoms. The average Bonchev–Trinajstić information content (AvgIpc) is 3.07. The Balaban J connectivity index is 1.73. The number of pyridine rings is 2. The second kappa shape index (κ2) is 7.91. The van der Waals surface area contributed by atoms with Crippen LogP contribution in [0.2, 0.25) is 0 Å². The molecule has 29 heavy (non-hydrogen) atoms. The summed E-state index contributed by atoms with van der Waals surface area (Å²) in [7, 11) is 0. The number of anilines is 2. The van der Waals surface area contributed by atoms with Gasteiger partial charge in [0.1, 0.15) is 5.76 Å². The Morgan fingerprint density at radius 3 is 2.69 bits per heavy atom. The Labute approximate surface area is 170 Å². The molecule has 0 aliphatic heterocycles. The first kappa shape index (κ1) is 18.9. The van der Waals surface area contributed by atoms with Crippen molar-refractivity contribution in [2.45, 2.75) is 33.6 Å². The first-order valence-electron chi connectivity index (χ1n) is 9.86. The smallest absolute Gasteiger partial charge is 0.141 e. The van der Waals surface area contributed by atoms with E-state index in [1.165, 1.54) is 5.56 Å². The van der Waals surface area contributed by atoms with Crippen LogP contribution in [0, 0.1) is 13.8 Å². The highest BCUT2D eigenvalue weighted by molar-refractivity contribution is 5.99. The van der Waals surface area contributed by atoms with Crippen LogP contribution in [0.4, 0.5) is 11.4 Å². The van der Waals surface area contributed by atoms with Crippen molar-refractivity contribution in [1.82, 2.24) is 15.1 Å². The van der Waals surface area contributed by atoms with Crippen molar-refractivity contribution in [3.63, 3.8) is 0 Å². The fourth-order valence-corrected chi connectivity index (χ4v) is 3.75. The summed E-state index contributed by atoms with van der Waals surface area (Å²) in [5.41, 5.74) is 14.1. The van der Waals surface area contributed by atoms with E-state index < -0.39 is 0 Å². The van der Waals surface area contributed by atoms with E-state index in [2.05, 4.69) is 39.5 Å². The van der Waals surface area contributed by atoms with Crippen molar-refractivity contribution < 1.29 is 4.52 Å². The zero-order valence-corrected chi connectivity index (χ0v) is 17.0. The van der Waals surface area contributed by atoms with Crippen LogP contribution in [0.1, 0.15) is 29.6 Å². The Bertz CT molecular complexity index is 1130. The number of aromatic nitrogens is 3. The van der Waals surface area contributed by atoms with Gasteiger partial charge < -0.3 is 15.6 Å². The van der Waals surface area contributed by atoms with Gasteiger partial charge in [0, 0.05) is 35.8 Å². The lowest BCUT2D eigenvalue weighted by Gasteiger charge is -2.15. The highest BCUT2D eigenvalue weighted by Crippen LogP contribution is 2.36. The molecule has 6 nitrogen and oxygen atoms in total. The summed E-state index contributed by atoms with van der Waals surface area (Å²) in [6.07, 6.45) is 5.24. The predicted molar refractivity (Wildman–Crippen MR) is 117 cm³/mol. The summed E-state index contributed by atoms with van der Waals surface area (Å²) in [4.78, 5) is 8.96. The van der Waals surface area contributed by atoms with Crippen LogP contribution in [0.3, 0.4) is 0 Å². The first-order valence-corrected chi connectivity index (χ1v) is 9.86. The minimum Gasteiger partial charge on any atom is -0.396 e. The SMILES string of the molecule is CCc1cc2c(NCCc3ccccn3)c(N)cnc2cc1-c1c(C)noc1C. The summed E-state index contributed by atoms with van der Waals surface area (Å²) in [6.45, 7) is 6.81. The van der Waals surface area contributed by atoms with Gasteiger partial charge >= 0.3 is 0 Å². The molecule has 0 radical (unpaired) electrons. The van der Waals surface area contributed by atoms with Gasteiger partial charge in [0.15, 0.2) is 0 Å². The van der Waals surface area contributed by atoms with E-state index in [1.54, 1.807) is 6.20 Å². The monoisotopic (exact) mass is 387 g/mol. The zero-order valence-electron chi connectivity index (χ0n) is 17.0. The number of nitrogens with one attached hydrogen (secondary N) is 1. The Morgan fingerprint density at radius 1 is 1.14 bits per heavy atom. The Kier molecular flexibility index (Phi) is 5.16. The van der Waals surface area contributed by atoms with Crippen molar-refractivity contribution in [3.05, 3.63) is 65.4 Å². The highest BCUT2D eigenvalue weighted by Gasteiger charge is 2.17. The molecule has 3 heterocycles. The second-order valence-electron chi connectivity index (χ2n) is 7.17. The lowest BCUT2D eigenvalue weighted by atomic mass is 9.94. The van der Waals surface area contributed by atoms with Crippen LogP contribution >= 0.6 is 0 Å². The van der Waals surface area contributed by atoms with E-state index >= 15 is 0 Å². The van der Waals surface area contributed by atoms with Gasteiger partial charge in [0.05, 0.1) is 28.8 Å². The molecule has 1 aromatic carbocycles. The number of hydrogen-bond donors (Lipinski definition) is 2. The van der Waals surface area contributed by atoms with Crippen LogP contribution in [0.15, 0.2) is 47.2 Å². The molecular weight excluding hydrogens is 362 g/mol. The lowest BCUT2D eigenvalue weighted by molar-refractivity contribution is 0.393. The quantitative estimate of drug-likeness (QED) is 0.498. The predicted octanol–water partition coefficient (Wildman–Crippen LogP) is 4.70. The van der Waals surface area contributed by atoms with E-state index in [9.17, 15) is 0 Å². The summed E-state index contributed by atoms with van der Waals surface area (Å²) < 4.78 is 5.39. The second-order valence-corrected chi connectivity index (χ2v) is 7.17. The van der Waals surface area contributed by atoms with E-state index in [1.807, 2.05) is 38.2 Å². The number of hydrogen-bond acceptors (Lipinski definition) is 6. The lowest BCUT2D eigenvalue weighted by Crippen LogP contribution is -2.09. The van der Waals surface area contributed by atoms with Crippen LogP contribution in [-0.2, 0) is 12.8 Å². The maximum atomic E-state index is 6.27. The van der Waals surface area contributed by atoms with E-state index in [-0.39, 0.29) is 0 Å². The molecule has 0 aliphatic carbocycles. The number of nitrogens with two attached hydrogens (primary N) is 1. The molecule has 0 saturated heterocycles. The molecule has 4 rings (SSSR count). The molecule has 0 bridgehead atoms. The van der Waals surface area contributed by atoms with Gasteiger partial charge in [-0.05, 0) is 55.7 Å². The summed E-state index contributed by atoms with van der Waals surface area (Å²) in [5.74, 6) is 0.820. The van der Waals surface area contributed by atoms with E-state index in [4.69, 9.17) is 10.3 Å². The van der Waals surface area contributed by atoms with E-state index in [0.29, 0.717) is 5.69 Å². The minimum absolute atomic E-state index is 0.644. The van der Waals surface area contributed by atoms with Gasteiger partial charge in [0.2, 0.25) is 0 Å². The Hall–Kier alpha value is -3.41. The van der Waals surface area contributed by atoms with Crippen LogP contribution < -0.4 is 11.1 Å². The molecular formula is C23H25N5O. The van der Waals surface area contributed by atoms with E-state index in [0.717, 1.165) is 64.3 Å². The third-order valence-electron chi connectivity index (χ3n) is 5.21. The fourth-order valence-electron chi connectivity index (χ4n) is 3.75. The molecule has 0 fully saturated rings. The molecule has 4 aromatic rings. The number of rotatable bonds is 6. The van der Waals surface area contributed by atoms with Gasteiger partial charge in [-0.25, -0.2) is 0 Å². The summed E-state index contributed by atoms with van der Waals surface area (Å²) in [5, 5.41) is 8.64. The van der Waals surface area contributed by atoms with Crippen molar-refractivity contribution in [3.8, 4) is 11.1 Å². The van der Waals surface area contributed by atoms with Crippen molar-refractivity contribution >= 4 is 22.3 Å². The van der Waals surface area contributed by atoms with Crippen molar-refractivity contribution in [2.24, 2.45) is 0 Å². The van der Waals surface area contributed by atoms with Crippen LogP contribution in [0.25, 0.3) is 22.0 Å². The van der Waals surface area contributed by atoms with Crippen molar-refractivity contribution in [1.29, 1.82) is 0 Å². The fraction of sp³-hybridized carbons (Fsp3) is 0.261. The number of nitrogen functional groups attached to an aromatic ring is 1. The number of nitrogens with zero attached hydrogens (tertiary/aromatic N) is 3. The highest BCUT2D eigenvalue weighted by atomic mass is 16.5. The van der Waals surface area contributed by atoms with Gasteiger partial charge in [-0.3, -0.25) is 9.97 Å². The number of fused-ring (bicyclic) bond motifs is 1. The third-order valence-corrected chi connectivity index (χ3v) is 5.21. The molecule has 0 aliphatic rings. The maximum Gasteiger partial charge on any atom is 0.141 e. The number of aryl methyl sites for hydroxylation is 3. The first-order chi connectivity index (χ1) is 14.1. The van der Waals surface area contributed by atoms with Crippen LogP contribution in [0.5, 0.6) is 0 Å². The van der Waals surface area contributed by atoms with Gasteiger partial charge in [-0.2, -0.15) is 0 Å². The normalized spacial score (nSPS) is 11.1. The van der Waals surface area contributed by atoms with Crippen molar-refractivity contribution in [2.75, 3.05) is 17.6 Å². The molecule has 3 N–H and O–H groups in total. The Morgan fingerprint density at radius 2 is 2.00 bits per heavy atom. The molecule has 0 amide bonds. The molecule has 148 valence electrons. The van der Waals surface area contributed by atoms with Gasteiger partial charge in [0.25, 0.3) is 0 Å². The average molecular weight is 387 g/mol. The molecule has 0 unspecified atom stereocenters. The molecule has 0 atom stereocenters. The minimum atomic E-state index is 0.644. The third kappa shape index (κ3) is 3.66. The topological polar surface area (TPSA) is 89.9 Å². The summed E-state index contributed by atoms with van der Waals surface area (Å²) in [6, 6.07) is 10.3. The van der Waals surface area contributed by atoms with Crippen LogP contribution in [-0.4, -0.2) is 21.7 Å². The molecule has 3 aromatic heterocycles. The standard InChI is InChI=1S/C23H25N5O/c1-4-16-11-19-21(12-18(16)22-14(2)28-29-15(22)3)27-13-20(24)23(19)26-10-8-17-7-5-6-9-25-17/h5-7,9,11-13H,4,8,10,24H2,1-3H3,(H,26,27). The largest absolute Gasteiger partial charge is 0.396 e. The number of benzene rings is 1.